The molecule has 0 saturated heterocycles. The van der Waals surface area contributed by atoms with Gasteiger partial charge in [-0.2, -0.15) is 10.2 Å². The zero-order chi connectivity index (χ0) is 27.6. The van der Waals surface area contributed by atoms with E-state index in [1.165, 1.54) is 23.5 Å². The first-order chi connectivity index (χ1) is 18.7. The molecule has 1 unspecified atom stereocenters. The summed E-state index contributed by atoms with van der Waals surface area (Å²) in [6.07, 6.45) is 1.59. The molecule has 0 fully saturated rings. The molecule has 0 saturated carbocycles. The predicted octanol–water partition coefficient (Wildman–Crippen LogP) is 5.57. The Kier molecular flexibility index (Phi) is 7.36. The number of primary sulfonamides is 1. The van der Waals surface area contributed by atoms with Crippen molar-refractivity contribution in [2.75, 3.05) is 12.4 Å². The molecule has 39 heavy (non-hydrogen) atoms. The fourth-order valence-corrected chi connectivity index (χ4v) is 5.58. The molecule has 0 radical (unpaired) electrons. The number of nitrogens with zero attached hydrogens (tertiary/aromatic N) is 3. The molecular formula is C27H20ClN5O4S2. The number of aliphatic imine (C=N–C) groups is 1. The molecule has 3 N–H and O–H groups in total. The number of thiazole rings is 1. The Hall–Kier alpha value is -4.21. The average Bonchev–Trinajstić information content (AvgIpc) is 3.33. The van der Waals surface area contributed by atoms with E-state index in [2.05, 4.69) is 21.4 Å². The van der Waals surface area contributed by atoms with Crippen LogP contribution in [0.25, 0.3) is 0 Å². The van der Waals surface area contributed by atoms with Crippen LogP contribution in [0.1, 0.15) is 21.9 Å². The van der Waals surface area contributed by atoms with E-state index in [4.69, 9.17) is 26.2 Å². The Morgan fingerprint density at radius 1 is 1.13 bits per heavy atom. The molecular weight excluding hydrogens is 558 g/mol. The summed E-state index contributed by atoms with van der Waals surface area (Å²) < 4.78 is 34.5. The third-order valence-electron chi connectivity index (χ3n) is 5.80. The maximum Gasteiger partial charge on any atom is 0.238 e. The number of hydrogen-bond acceptors (Lipinski definition) is 9. The molecule has 196 valence electrons. The van der Waals surface area contributed by atoms with Crippen molar-refractivity contribution < 1.29 is 17.9 Å². The van der Waals surface area contributed by atoms with Gasteiger partial charge in [-0.05, 0) is 59.7 Å². The lowest BCUT2D eigenvalue weighted by Gasteiger charge is -2.22. The van der Waals surface area contributed by atoms with E-state index in [0.717, 1.165) is 11.1 Å². The van der Waals surface area contributed by atoms with Gasteiger partial charge in [-0.25, -0.2) is 18.5 Å². The third-order valence-corrected chi connectivity index (χ3v) is 8.00. The molecule has 9 nitrogen and oxygen atoms in total. The predicted molar refractivity (Wildman–Crippen MR) is 150 cm³/mol. The summed E-state index contributed by atoms with van der Waals surface area (Å²) >= 11 is 7.30. The summed E-state index contributed by atoms with van der Waals surface area (Å²) in [5, 5.41) is 19.6. The molecule has 0 spiro atoms. The van der Waals surface area contributed by atoms with E-state index in [1.807, 2.05) is 24.3 Å². The topological polar surface area (TPSA) is 140 Å². The summed E-state index contributed by atoms with van der Waals surface area (Å²) in [6, 6.07) is 22.8. The number of rotatable bonds is 7. The Balaban J connectivity index is 1.53. The van der Waals surface area contributed by atoms with Crippen LogP contribution in [0.2, 0.25) is 5.02 Å². The molecule has 1 atom stereocenters. The first-order valence-corrected chi connectivity index (χ1v) is 14.2. The summed E-state index contributed by atoms with van der Waals surface area (Å²) in [5.41, 5.74) is 2.54. The van der Waals surface area contributed by atoms with Crippen molar-refractivity contribution in [3.05, 3.63) is 105 Å². The van der Waals surface area contributed by atoms with Gasteiger partial charge in [-0.3, -0.25) is 0 Å². The number of aromatic nitrogens is 1. The van der Waals surface area contributed by atoms with Crippen LogP contribution in [0, 0.1) is 11.3 Å². The second kappa shape index (κ2) is 10.9. The van der Waals surface area contributed by atoms with Crippen LogP contribution in [0.4, 0.5) is 10.8 Å². The van der Waals surface area contributed by atoms with Gasteiger partial charge in [0.15, 0.2) is 5.13 Å². The Morgan fingerprint density at radius 2 is 1.82 bits per heavy atom. The monoisotopic (exact) mass is 577 g/mol. The molecule has 1 aliphatic heterocycles. The normalized spacial score (nSPS) is 15.0. The maximum atomic E-state index is 11.6. The van der Waals surface area contributed by atoms with E-state index in [1.54, 1.807) is 49.7 Å². The number of benzene rings is 3. The van der Waals surface area contributed by atoms with Crippen LogP contribution < -0.4 is 19.9 Å². The van der Waals surface area contributed by atoms with Gasteiger partial charge < -0.3 is 14.8 Å². The molecule has 5 rings (SSSR count). The summed E-state index contributed by atoms with van der Waals surface area (Å²) in [7, 11) is -2.22. The minimum absolute atomic E-state index is 0.000407. The number of halogens is 1. The lowest BCUT2D eigenvalue weighted by Crippen LogP contribution is -2.14. The first kappa shape index (κ1) is 26.4. The van der Waals surface area contributed by atoms with Crippen molar-refractivity contribution in [3.63, 3.8) is 0 Å². The van der Waals surface area contributed by atoms with Gasteiger partial charge in [0.2, 0.25) is 21.8 Å². The largest absolute Gasteiger partial charge is 0.497 e. The van der Waals surface area contributed by atoms with Crippen molar-refractivity contribution in [2.24, 2.45) is 10.1 Å². The van der Waals surface area contributed by atoms with Gasteiger partial charge in [0.05, 0.1) is 22.8 Å². The number of ether oxygens (including phenoxy) is 2. The number of hydrogen-bond donors (Lipinski definition) is 2. The van der Waals surface area contributed by atoms with Crippen molar-refractivity contribution in [2.45, 2.75) is 10.8 Å². The van der Waals surface area contributed by atoms with E-state index < -0.39 is 15.9 Å². The smallest absolute Gasteiger partial charge is 0.238 e. The Labute approximate surface area is 233 Å². The van der Waals surface area contributed by atoms with Crippen LogP contribution in [0.3, 0.4) is 0 Å². The molecule has 1 aliphatic rings. The molecule has 4 aromatic rings. The van der Waals surface area contributed by atoms with Crippen LogP contribution in [0.5, 0.6) is 11.6 Å². The minimum atomic E-state index is -3.81. The van der Waals surface area contributed by atoms with E-state index >= 15 is 0 Å². The number of nitrogens with two attached hydrogens (primary N) is 1. The summed E-state index contributed by atoms with van der Waals surface area (Å²) in [6.45, 7) is 0. The standard InChI is InChI=1S/C27H20ClN5O4S2/c1-36-20-10-4-17(5-11-20)23-22(14-29)25(31-15-16-2-6-18(28)7-3-16)37-26-24(23)38-27(33-26)32-19-8-12-21(13-9-19)39(30,34)35/h2-13,15,23H,1H3,(H,32,33)(H2,30,34,35)/b31-15+. The van der Waals surface area contributed by atoms with Gasteiger partial charge in [-0.1, -0.05) is 47.2 Å². The fraction of sp³-hybridized carbons (Fsp3) is 0.0741. The number of fused-ring (bicyclic) bond motifs is 1. The number of nitriles is 1. The summed E-state index contributed by atoms with van der Waals surface area (Å²) in [5.74, 6) is 0.644. The van der Waals surface area contributed by atoms with Crippen LogP contribution in [-0.2, 0) is 10.0 Å². The number of methoxy groups -OCH3 is 1. The van der Waals surface area contributed by atoms with Gasteiger partial charge >= 0.3 is 0 Å². The highest BCUT2D eigenvalue weighted by Crippen LogP contribution is 2.47. The summed E-state index contributed by atoms with van der Waals surface area (Å²) in [4.78, 5) is 9.80. The lowest BCUT2D eigenvalue weighted by atomic mass is 9.89. The second-order valence-electron chi connectivity index (χ2n) is 8.33. The Morgan fingerprint density at radius 3 is 2.44 bits per heavy atom. The highest BCUT2D eigenvalue weighted by atomic mass is 35.5. The highest BCUT2D eigenvalue weighted by molar-refractivity contribution is 7.89. The van der Waals surface area contributed by atoms with Crippen molar-refractivity contribution in [3.8, 4) is 17.7 Å². The van der Waals surface area contributed by atoms with Gasteiger partial charge in [0.1, 0.15) is 17.4 Å². The number of allylic oxidation sites excluding steroid dienone is 1. The molecule has 1 aromatic heterocycles. The van der Waals surface area contributed by atoms with Gasteiger partial charge in [0, 0.05) is 16.9 Å². The van der Waals surface area contributed by atoms with Crippen LogP contribution in [-0.4, -0.2) is 26.7 Å². The third kappa shape index (κ3) is 5.79. The quantitative estimate of drug-likeness (QED) is 0.273. The minimum Gasteiger partial charge on any atom is -0.497 e. The lowest BCUT2D eigenvalue weighted by molar-refractivity contribution is 0.384. The zero-order valence-electron chi connectivity index (χ0n) is 20.3. The van der Waals surface area contributed by atoms with E-state index in [-0.39, 0.29) is 10.8 Å². The van der Waals surface area contributed by atoms with Gasteiger partial charge in [-0.15, -0.1) is 0 Å². The number of anilines is 2. The van der Waals surface area contributed by atoms with Crippen LogP contribution >= 0.6 is 22.9 Å². The maximum absolute atomic E-state index is 11.6. The zero-order valence-corrected chi connectivity index (χ0v) is 22.7. The second-order valence-corrected chi connectivity index (χ2v) is 11.4. The van der Waals surface area contributed by atoms with E-state index in [9.17, 15) is 13.7 Å². The SMILES string of the molecule is COc1ccc(C2C(C#N)=C(/N=C/c3ccc(Cl)cc3)Oc3nc(Nc4ccc(S(N)(=O)=O)cc4)sc32)cc1. The molecule has 12 heteroatoms. The van der Waals surface area contributed by atoms with Crippen molar-refractivity contribution in [1.29, 1.82) is 5.26 Å². The molecule has 2 heterocycles. The highest BCUT2D eigenvalue weighted by Gasteiger charge is 2.35. The Bertz CT molecular complexity index is 1720. The van der Waals surface area contributed by atoms with Crippen LogP contribution in [0.15, 0.2) is 94.1 Å². The molecule has 0 aliphatic carbocycles. The van der Waals surface area contributed by atoms with Gasteiger partial charge in [0.25, 0.3) is 0 Å². The van der Waals surface area contributed by atoms with Crippen molar-refractivity contribution >= 4 is 50.0 Å². The average molecular weight is 578 g/mol. The first-order valence-electron chi connectivity index (χ1n) is 11.4. The number of nitrogens with one attached hydrogen (secondary N) is 1. The molecule has 0 bridgehead atoms. The van der Waals surface area contributed by atoms with E-state index in [0.29, 0.717) is 37.9 Å². The van der Waals surface area contributed by atoms with Crippen molar-refractivity contribution in [1.82, 2.24) is 4.98 Å². The fourth-order valence-electron chi connectivity index (χ4n) is 3.88. The number of sulfonamides is 1. The molecule has 0 amide bonds. The molecule has 3 aromatic carbocycles.